The fourth-order valence-corrected chi connectivity index (χ4v) is 2.73. The summed E-state index contributed by atoms with van der Waals surface area (Å²) in [5.74, 6) is 0.940. The van der Waals surface area contributed by atoms with E-state index in [2.05, 4.69) is 36.1 Å². The Bertz CT molecular complexity index is 1050. The van der Waals surface area contributed by atoms with Gasteiger partial charge >= 0.3 is 0 Å². The van der Waals surface area contributed by atoms with Crippen LogP contribution in [0.15, 0.2) is 52.9 Å². The van der Waals surface area contributed by atoms with Crippen molar-refractivity contribution in [1.29, 1.82) is 0 Å². The van der Waals surface area contributed by atoms with Gasteiger partial charge in [-0.1, -0.05) is 39.0 Å². The van der Waals surface area contributed by atoms with E-state index in [4.69, 9.17) is 4.42 Å². The minimum Gasteiger partial charge on any atom is -0.451 e. The van der Waals surface area contributed by atoms with E-state index in [9.17, 15) is 4.79 Å². The molecule has 0 saturated heterocycles. The van der Waals surface area contributed by atoms with E-state index >= 15 is 0 Å². The number of hydrogen-bond donors (Lipinski definition) is 2. The molecule has 2 aromatic heterocycles. The summed E-state index contributed by atoms with van der Waals surface area (Å²) in [6.07, 6.45) is 0. The molecule has 0 saturated carbocycles. The van der Waals surface area contributed by atoms with Crippen LogP contribution in [0.5, 0.6) is 0 Å². The molecule has 2 N–H and O–H groups in total. The number of aromatic nitrogens is 2. The van der Waals surface area contributed by atoms with Crippen molar-refractivity contribution in [2.45, 2.75) is 26.2 Å². The number of H-pyrrole nitrogens is 1. The van der Waals surface area contributed by atoms with Gasteiger partial charge in [-0.25, -0.2) is 4.98 Å². The first kappa shape index (κ1) is 15.4. The van der Waals surface area contributed by atoms with Gasteiger partial charge in [0.15, 0.2) is 5.76 Å². The van der Waals surface area contributed by atoms with Crippen molar-refractivity contribution in [3.63, 3.8) is 0 Å². The zero-order valence-corrected chi connectivity index (χ0v) is 14.4. The molecule has 2 aromatic carbocycles. The number of para-hydroxylation sites is 1. The van der Waals surface area contributed by atoms with Crippen LogP contribution >= 0.6 is 0 Å². The molecular weight excluding hydrogens is 314 g/mol. The van der Waals surface area contributed by atoms with Gasteiger partial charge in [-0.3, -0.25) is 4.79 Å². The highest BCUT2D eigenvalue weighted by atomic mass is 16.3. The number of nitrogens with one attached hydrogen (secondary N) is 2. The summed E-state index contributed by atoms with van der Waals surface area (Å²) in [6.45, 7) is 6.32. The third kappa shape index (κ3) is 2.89. The van der Waals surface area contributed by atoms with E-state index in [-0.39, 0.29) is 11.3 Å². The normalized spacial score (nSPS) is 12.0. The molecule has 1 amide bonds. The number of benzene rings is 2. The molecule has 0 spiro atoms. The fraction of sp³-hybridized carbons (Fsp3) is 0.200. The van der Waals surface area contributed by atoms with Gasteiger partial charge in [-0.15, -0.1) is 0 Å². The van der Waals surface area contributed by atoms with Crippen LogP contribution in [0.3, 0.4) is 0 Å². The molecule has 0 unspecified atom stereocenters. The molecule has 5 heteroatoms. The summed E-state index contributed by atoms with van der Waals surface area (Å²) in [5.41, 5.74) is 3.11. The maximum absolute atomic E-state index is 12.5. The Hall–Kier alpha value is -3.08. The highest BCUT2D eigenvalue weighted by molar-refractivity contribution is 6.05. The maximum atomic E-state index is 12.5. The minimum atomic E-state index is -0.272. The minimum absolute atomic E-state index is 0.0588. The average Bonchev–Trinajstić information content (AvgIpc) is 3.18. The SMILES string of the molecule is CC(C)(C)c1nc2ccc(NC(=O)c3cc4ccccc4o3)cc2[nH]1. The molecule has 0 aliphatic carbocycles. The van der Waals surface area contributed by atoms with E-state index in [1.807, 2.05) is 42.5 Å². The van der Waals surface area contributed by atoms with Gasteiger partial charge in [0.2, 0.25) is 0 Å². The lowest BCUT2D eigenvalue weighted by atomic mass is 9.96. The summed E-state index contributed by atoms with van der Waals surface area (Å²) >= 11 is 0. The van der Waals surface area contributed by atoms with Crippen molar-refractivity contribution in [2.75, 3.05) is 5.32 Å². The van der Waals surface area contributed by atoms with Crippen molar-refractivity contribution in [3.05, 3.63) is 60.1 Å². The molecular formula is C20H19N3O2. The number of imidazole rings is 1. The van der Waals surface area contributed by atoms with Crippen LogP contribution in [0.1, 0.15) is 37.2 Å². The van der Waals surface area contributed by atoms with Crippen LogP contribution in [0.2, 0.25) is 0 Å². The monoisotopic (exact) mass is 333 g/mol. The molecule has 0 atom stereocenters. The largest absolute Gasteiger partial charge is 0.451 e. The lowest BCUT2D eigenvalue weighted by Gasteiger charge is -2.13. The van der Waals surface area contributed by atoms with Gasteiger partial charge in [0.1, 0.15) is 11.4 Å². The zero-order chi connectivity index (χ0) is 17.6. The third-order valence-corrected chi connectivity index (χ3v) is 4.10. The van der Waals surface area contributed by atoms with Crippen molar-refractivity contribution in [1.82, 2.24) is 9.97 Å². The number of hydrogen-bond acceptors (Lipinski definition) is 3. The molecule has 5 nitrogen and oxygen atoms in total. The number of fused-ring (bicyclic) bond motifs is 2. The summed E-state index contributed by atoms with van der Waals surface area (Å²) in [7, 11) is 0. The number of amides is 1. The molecule has 2 heterocycles. The van der Waals surface area contributed by atoms with E-state index in [1.165, 1.54) is 0 Å². The van der Waals surface area contributed by atoms with Crippen molar-refractivity contribution >= 4 is 33.6 Å². The van der Waals surface area contributed by atoms with Crippen molar-refractivity contribution in [2.24, 2.45) is 0 Å². The summed E-state index contributed by atoms with van der Waals surface area (Å²) in [5, 5.41) is 3.79. The predicted molar refractivity (Wildman–Crippen MR) is 99.0 cm³/mol. The van der Waals surface area contributed by atoms with Crippen LogP contribution in [0.4, 0.5) is 5.69 Å². The van der Waals surface area contributed by atoms with Gasteiger partial charge in [0.05, 0.1) is 11.0 Å². The summed E-state index contributed by atoms with van der Waals surface area (Å²) in [4.78, 5) is 20.4. The lowest BCUT2D eigenvalue weighted by molar-refractivity contribution is 0.0998. The average molecular weight is 333 g/mol. The van der Waals surface area contributed by atoms with E-state index in [0.717, 1.165) is 22.2 Å². The van der Waals surface area contributed by atoms with E-state index in [1.54, 1.807) is 6.07 Å². The standard InChI is InChI=1S/C20H19N3O2/c1-20(2,3)19-22-14-9-8-13(11-15(14)23-19)21-18(24)17-10-12-6-4-5-7-16(12)25-17/h4-11H,1-3H3,(H,21,24)(H,22,23). The summed E-state index contributed by atoms with van der Waals surface area (Å²) < 4.78 is 5.61. The molecule has 0 radical (unpaired) electrons. The molecule has 25 heavy (non-hydrogen) atoms. The Morgan fingerprint density at radius 1 is 1.12 bits per heavy atom. The second-order valence-corrected chi connectivity index (χ2v) is 7.17. The quantitative estimate of drug-likeness (QED) is 0.550. The lowest BCUT2D eigenvalue weighted by Crippen LogP contribution is -2.12. The number of carbonyl (C=O) groups excluding carboxylic acids is 1. The molecule has 0 aliphatic rings. The van der Waals surface area contributed by atoms with Crippen LogP contribution in [0.25, 0.3) is 22.0 Å². The first-order valence-corrected chi connectivity index (χ1v) is 8.20. The number of aromatic amines is 1. The Kier molecular flexibility index (Phi) is 3.39. The number of furan rings is 1. The summed E-state index contributed by atoms with van der Waals surface area (Å²) in [6, 6.07) is 14.9. The van der Waals surface area contributed by atoms with E-state index in [0.29, 0.717) is 17.0 Å². The maximum Gasteiger partial charge on any atom is 0.291 e. The van der Waals surface area contributed by atoms with E-state index < -0.39 is 0 Å². The van der Waals surface area contributed by atoms with Gasteiger partial charge < -0.3 is 14.7 Å². The Labute approximate surface area is 145 Å². The van der Waals surface area contributed by atoms with Gasteiger partial charge in [-0.05, 0) is 30.3 Å². The van der Waals surface area contributed by atoms with Crippen LogP contribution in [0, 0.1) is 0 Å². The first-order chi connectivity index (χ1) is 11.9. The molecule has 126 valence electrons. The molecule has 0 bridgehead atoms. The molecule has 0 aliphatic heterocycles. The predicted octanol–water partition coefficient (Wildman–Crippen LogP) is 4.86. The van der Waals surface area contributed by atoms with Crippen molar-refractivity contribution < 1.29 is 9.21 Å². The highest BCUT2D eigenvalue weighted by Gasteiger charge is 2.18. The smallest absolute Gasteiger partial charge is 0.291 e. The van der Waals surface area contributed by atoms with Gasteiger partial charge in [0, 0.05) is 16.5 Å². The van der Waals surface area contributed by atoms with Gasteiger partial charge in [-0.2, -0.15) is 0 Å². The first-order valence-electron chi connectivity index (χ1n) is 8.20. The van der Waals surface area contributed by atoms with Crippen LogP contribution < -0.4 is 5.32 Å². The fourth-order valence-electron chi connectivity index (χ4n) is 2.73. The number of nitrogens with zero attached hydrogens (tertiary/aromatic N) is 1. The molecule has 0 fully saturated rings. The Morgan fingerprint density at radius 2 is 1.92 bits per heavy atom. The van der Waals surface area contributed by atoms with Crippen LogP contribution in [-0.2, 0) is 5.41 Å². The highest BCUT2D eigenvalue weighted by Crippen LogP contribution is 2.25. The number of rotatable bonds is 2. The molecule has 4 aromatic rings. The van der Waals surface area contributed by atoms with Crippen LogP contribution in [-0.4, -0.2) is 15.9 Å². The second-order valence-electron chi connectivity index (χ2n) is 7.17. The Balaban J connectivity index is 1.62. The second kappa shape index (κ2) is 5.48. The molecule has 4 rings (SSSR count). The zero-order valence-electron chi connectivity index (χ0n) is 14.4. The number of anilines is 1. The number of carbonyl (C=O) groups is 1. The Morgan fingerprint density at radius 3 is 2.68 bits per heavy atom. The third-order valence-electron chi connectivity index (χ3n) is 4.10. The van der Waals surface area contributed by atoms with Crippen molar-refractivity contribution in [3.8, 4) is 0 Å². The van der Waals surface area contributed by atoms with Gasteiger partial charge in [0.25, 0.3) is 5.91 Å². The topological polar surface area (TPSA) is 70.9 Å².